The Labute approximate surface area is 138 Å². The molecular formula is C14H15N5O2S2. The second kappa shape index (κ2) is 6.47. The number of thiazole rings is 1. The first-order valence-corrected chi connectivity index (χ1v) is 9.39. The molecule has 0 unspecified atom stereocenters. The Morgan fingerprint density at radius 1 is 1.26 bits per heavy atom. The molecule has 120 valence electrons. The fraction of sp³-hybridized carbons (Fsp3) is 0.214. The Morgan fingerprint density at radius 3 is 2.70 bits per heavy atom. The van der Waals surface area contributed by atoms with Crippen molar-refractivity contribution >= 4 is 27.0 Å². The van der Waals surface area contributed by atoms with Crippen LogP contribution in [0.1, 0.15) is 11.9 Å². The van der Waals surface area contributed by atoms with Gasteiger partial charge in [0.1, 0.15) is 11.3 Å². The second-order valence-corrected chi connectivity index (χ2v) is 8.00. The summed E-state index contributed by atoms with van der Waals surface area (Å²) in [4.78, 5) is 8.04. The van der Waals surface area contributed by atoms with Crippen LogP contribution in [0.4, 0.5) is 5.69 Å². The van der Waals surface area contributed by atoms with Gasteiger partial charge in [-0.25, -0.2) is 13.4 Å². The molecule has 23 heavy (non-hydrogen) atoms. The average Bonchev–Trinajstić information content (AvgIpc) is 3.24. The lowest BCUT2D eigenvalue weighted by Gasteiger charge is -2.22. The van der Waals surface area contributed by atoms with Crippen LogP contribution in [0.25, 0.3) is 10.7 Å². The summed E-state index contributed by atoms with van der Waals surface area (Å²) in [5.41, 5.74) is 0.630. The Bertz CT molecular complexity index is 860. The Morgan fingerprint density at radius 2 is 2.04 bits per heavy atom. The number of hydrogen-bond acceptors (Lipinski definition) is 6. The first kappa shape index (κ1) is 15.6. The highest BCUT2D eigenvalue weighted by molar-refractivity contribution is 7.92. The van der Waals surface area contributed by atoms with Crippen molar-refractivity contribution in [1.29, 1.82) is 0 Å². The van der Waals surface area contributed by atoms with Crippen LogP contribution in [0.5, 0.6) is 0 Å². The minimum absolute atomic E-state index is 0.0300. The Kier molecular flexibility index (Phi) is 4.39. The normalized spacial score (nSPS) is 11.5. The number of aromatic nitrogens is 4. The number of sulfonamides is 1. The smallest absolute Gasteiger partial charge is 0.235 e. The number of anilines is 1. The number of hydrogen-bond donors (Lipinski definition) is 1. The molecule has 0 aliphatic rings. The minimum atomic E-state index is -3.39. The van der Waals surface area contributed by atoms with E-state index in [1.807, 2.05) is 18.2 Å². The van der Waals surface area contributed by atoms with Crippen molar-refractivity contribution in [3.8, 4) is 10.7 Å². The fourth-order valence-electron chi connectivity index (χ4n) is 2.04. The van der Waals surface area contributed by atoms with Crippen molar-refractivity contribution in [2.75, 3.05) is 10.1 Å². The average molecular weight is 349 g/mol. The number of benzene rings is 1. The molecule has 0 atom stereocenters. The van der Waals surface area contributed by atoms with Crippen molar-refractivity contribution in [2.24, 2.45) is 0 Å². The molecule has 0 aliphatic carbocycles. The highest BCUT2D eigenvalue weighted by Gasteiger charge is 2.22. The number of nitrogens with one attached hydrogen (secondary N) is 1. The van der Waals surface area contributed by atoms with Crippen LogP contribution in [0, 0.1) is 0 Å². The summed E-state index contributed by atoms with van der Waals surface area (Å²) in [7, 11) is -3.39. The highest BCUT2D eigenvalue weighted by atomic mass is 32.2. The van der Waals surface area contributed by atoms with Gasteiger partial charge in [-0.1, -0.05) is 18.2 Å². The van der Waals surface area contributed by atoms with Gasteiger partial charge in [-0.15, -0.1) is 21.5 Å². The van der Waals surface area contributed by atoms with E-state index in [1.165, 1.54) is 22.0 Å². The molecule has 3 aromatic rings. The first-order chi connectivity index (χ1) is 11.1. The van der Waals surface area contributed by atoms with Crippen LogP contribution in [0.15, 0.2) is 42.9 Å². The van der Waals surface area contributed by atoms with Crippen molar-refractivity contribution in [1.82, 2.24) is 20.2 Å². The molecule has 0 aliphatic heterocycles. The zero-order valence-electron chi connectivity index (χ0n) is 12.4. The van der Waals surface area contributed by atoms with Gasteiger partial charge in [0.2, 0.25) is 10.0 Å². The molecular weight excluding hydrogens is 334 g/mol. The summed E-state index contributed by atoms with van der Waals surface area (Å²) >= 11 is 1.39. The number of H-pyrrole nitrogens is 1. The van der Waals surface area contributed by atoms with Crippen LogP contribution in [-0.2, 0) is 16.6 Å². The van der Waals surface area contributed by atoms with Gasteiger partial charge in [-0.2, -0.15) is 0 Å². The van der Waals surface area contributed by atoms with Gasteiger partial charge in [0.15, 0.2) is 5.82 Å². The lowest BCUT2D eigenvalue weighted by atomic mass is 10.3. The van der Waals surface area contributed by atoms with E-state index in [-0.39, 0.29) is 12.3 Å². The highest BCUT2D eigenvalue weighted by Crippen LogP contribution is 2.26. The predicted octanol–water partition coefficient (Wildman–Crippen LogP) is 2.28. The summed E-state index contributed by atoms with van der Waals surface area (Å²) in [5, 5.41) is 8.36. The zero-order chi connectivity index (χ0) is 16.3. The van der Waals surface area contributed by atoms with Gasteiger partial charge in [-0.05, 0) is 19.1 Å². The van der Waals surface area contributed by atoms with Crippen LogP contribution in [0.3, 0.4) is 0 Å². The van der Waals surface area contributed by atoms with Crippen molar-refractivity contribution < 1.29 is 8.42 Å². The first-order valence-electron chi connectivity index (χ1n) is 6.96. The summed E-state index contributed by atoms with van der Waals surface area (Å²) in [6, 6.07) is 9.03. The largest absolute Gasteiger partial charge is 0.327 e. The Hall–Kier alpha value is -2.26. The molecule has 2 heterocycles. The molecule has 7 nitrogen and oxygen atoms in total. The molecule has 1 aromatic carbocycles. The van der Waals surface area contributed by atoms with E-state index in [9.17, 15) is 8.42 Å². The van der Waals surface area contributed by atoms with Crippen LogP contribution in [-0.4, -0.2) is 34.3 Å². The van der Waals surface area contributed by atoms with Gasteiger partial charge in [-0.3, -0.25) is 4.31 Å². The SMILES string of the molecule is CCS(=O)(=O)N(Cc1ncc(-c2nnc[nH]2)s1)c1ccccc1. The maximum absolute atomic E-state index is 12.4. The molecule has 0 radical (unpaired) electrons. The fourth-order valence-corrected chi connectivity index (χ4v) is 4.05. The molecule has 3 rings (SSSR count). The maximum atomic E-state index is 12.4. The number of para-hydroxylation sites is 1. The van der Waals surface area contributed by atoms with E-state index in [2.05, 4.69) is 20.2 Å². The Balaban J connectivity index is 1.90. The van der Waals surface area contributed by atoms with E-state index >= 15 is 0 Å². The molecule has 0 amide bonds. The topological polar surface area (TPSA) is 91.8 Å². The summed E-state index contributed by atoms with van der Waals surface area (Å²) in [6.07, 6.45) is 3.16. The predicted molar refractivity (Wildman–Crippen MR) is 89.6 cm³/mol. The third-order valence-corrected chi connectivity index (χ3v) is 5.96. The standard InChI is InChI=1S/C14H15N5O2S2/c1-2-23(20,21)19(11-6-4-3-5-7-11)9-13-15-8-12(22-13)14-16-10-17-18-14/h3-8,10H,2,9H2,1H3,(H,16,17,18). The molecule has 0 spiro atoms. The van der Waals surface area contributed by atoms with E-state index < -0.39 is 10.0 Å². The van der Waals surface area contributed by atoms with Crippen molar-refractivity contribution in [2.45, 2.75) is 13.5 Å². The molecule has 2 aromatic heterocycles. The van der Waals surface area contributed by atoms with Crippen LogP contribution in [0.2, 0.25) is 0 Å². The molecule has 0 saturated carbocycles. The van der Waals surface area contributed by atoms with Crippen molar-refractivity contribution in [3.05, 3.63) is 47.9 Å². The lowest BCUT2D eigenvalue weighted by molar-refractivity contribution is 0.591. The van der Waals surface area contributed by atoms with E-state index in [1.54, 1.807) is 25.3 Å². The monoisotopic (exact) mass is 349 g/mol. The molecule has 0 saturated heterocycles. The summed E-state index contributed by atoms with van der Waals surface area (Å²) < 4.78 is 26.2. The number of aromatic amines is 1. The van der Waals surface area contributed by atoms with Gasteiger partial charge in [0.25, 0.3) is 0 Å². The molecule has 0 fully saturated rings. The lowest BCUT2D eigenvalue weighted by Crippen LogP contribution is -2.31. The number of rotatable bonds is 6. The maximum Gasteiger partial charge on any atom is 0.235 e. The van der Waals surface area contributed by atoms with E-state index in [0.29, 0.717) is 16.5 Å². The molecule has 9 heteroatoms. The van der Waals surface area contributed by atoms with Crippen LogP contribution < -0.4 is 4.31 Å². The van der Waals surface area contributed by atoms with Gasteiger partial charge in [0, 0.05) is 6.20 Å². The second-order valence-electron chi connectivity index (χ2n) is 4.70. The van der Waals surface area contributed by atoms with E-state index in [0.717, 1.165) is 4.88 Å². The van der Waals surface area contributed by atoms with Gasteiger partial charge >= 0.3 is 0 Å². The summed E-state index contributed by atoms with van der Waals surface area (Å²) in [5.74, 6) is 0.653. The van der Waals surface area contributed by atoms with Crippen molar-refractivity contribution in [3.63, 3.8) is 0 Å². The van der Waals surface area contributed by atoms with E-state index in [4.69, 9.17) is 0 Å². The third kappa shape index (κ3) is 3.40. The van der Waals surface area contributed by atoms with Crippen LogP contribution >= 0.6 is 11.3 Å². The molecule has 1 N–H and O–H groups in total. The number of nitrogens with zero attached hydrogens (tertiary/aromatic N) is 4. The summed E-state index contributed by atoms with van der Waals surface area (Å²) in [6.45, 7) is 1.83. The zero-order valence-corrected chi connectivity index (χ0v) is 14.0. The van der Waals surface area contributed by atoms with Gasteiger partial charge < -0.3 is 4.98 Å². The third-order valence-electron chi connectivity index (χ3n) is 3.23. The quantitative estimate of drug-likeness (QED) is 0.737. The molecule has 0 bridgehead atoms. The van der Waals surface area contributed by atoms with Gasteiger partial charge in [0.05, 0.1) is 22.9 Å². The minimum Gasteiger partial charge on any atom is -0.327 e.